The van der Waals surface area contributed by atoms with Crippen molar-refractivity contribution in [3.8, 4) is 0 Å². The molecule has 3 rings (SSSR count). The van der Waals surface area contributed by atoms with Crippen LogP contribution in [0, 0.1) is 23.7 Å². The van der Waals surface area contributed by atoms with E-state index in [1.807, 2.05) is 5.32 Å². The molecule has 0 spiro atoms. The summed E-state index contributed by atoms with van der Waals surface area (Å²) in [6.45, 7) is 0.499. The van der Waals surface area contributed by atoms with Gasteiger partial charge in [0.05, 0.1) is 44.6 Å². The third-order valence-corrected chi connectivity index (χ3v) is 21.8. The van der Waals surface area contributed by atoms with E-state index in [0.717, 1.165) is 19.1 Å². The van der Waals surface area contributed by atoms with E-state index in [-0.39, 0.29) is 51.9 Å². The molecular formula is C70H111N17O40S3. The smallest absolute Gasteiger partial charge is 0.407 e. The van der Waals surface area contributed by atoms with E-state index in [4.69, 9.17) is 46.6 Å². The molecule has 0 bridgehead atoms. The highest BCUT2D eigenvalue weighted by molar-refractivity contribution is 7.86. The molecule has 2 aliphatic heterocycles. The van der Waals surface area contributed by atoms with E-state index in [0.29, 0.717) is 57.8 Å². The quantitative estimate of drug-likeness (QED) is 0.00671. The van der Waals surface area contributed by atoms with Gasteiger partial charge >= 0.3 is 48.5 Å². The molecule has 0 aromatic carbocycles. The number of nitrogens with one attached hydrogen (secondary N) is 11. The third kappa shape index (κ3) is 41.9. The second kappa shape index (κ2) is 54.3. The molecule has 734 valence electrons. The number of nitrogens with two attached hydrogens (primary N) is 4. The number of ether oxygens (including phenoxy) is 5. The summed E-state index contributed by atoms with van der Waals surface area (Å²) in [5.41, 5.74) is 22.2. The van der Waals surface area contributed by atoms with Gasteiger partial charge in [-0.2, -0.15) is 25.3 Å². The van der Waals surface area contributed by atoms with Crippen LogP contribution in [0.25, 0.3) is 0 Å². The number of hydrogen-bond donors (Lipinski definition) is 27. The fourth-order valence-electron chi connectivity index (χ4n) is 13.4. The number of carboxylic acids is 5. The molecule has 8 unspecified atom stereocenters. The van der Waals surface area contributed by atoms with E-state index in [9.17, 15) is 166 Å². The van der Waals surface area contributed by atoms with Crippen molar-refractivity contribution in [1.29, 1.82) is 0 Å². The number of hydrogen-bond acceptors (Lipinski definition) is 34. The molecule has 0 aromatic heterocycles. The molecule has 1 fully saturated rings. The van der Waals surface area contributed by atoms with Crippen LogP contribution < -0.4 is 81.4 Å². The van der Waals surface area contributed by atoms with E-state index >= 15 is 0 Å². The Balaban J connectivity index is 1.95. The number of carbonyl (C=O) groups is 17. The van der Waals surface area contributed by atoms with Crippen molar-refractivity contribution >= 4 is 144 Å². The van der Waals surface area contributed by atoms with Crippen molar-refractivity contribution in [2.24, 2.45) is 56.6 Å². The summed E-state index contributed by atoms with van der Waals surface area (Å²) in [6.07, 6.45) is -11.4. The number of aliphatic hydroxyl groups is 4. The maximum absolute atomic E-state index is 14.8. The number of nitrogens with zero attached hydrogens (tertiary/aromatic N) is 2. The molecule has 0 saturated heterocycles. The van der Waals surface area contributed by atoms with E-state index in [1.54, 1.807) is 21.3 Å². The van der Waals surface area contributed by atoms with Crippen molar-refractivity contribution in [3.63, 3.8) is 0 Å². The van der Waals surface area contributed by atoms with Crippen molar-refractivity contribution in [2.45, 2.75) is 214 Å². The van der Waals surface area contributed by atoms with Gasteiger partial charge < -0.3 is 151 Å². The van der Waals surface area contributed by atoms with Crippen LogP contribution >= 0.6 is 0 Å². The van der Waals surface area contributed by atoms with Crippen LogP contribution in [0.15, 0.2) is 33.8 Å². The average molecular weight is 1930 g/mol. The summed E-state index contributed by atoms with van der Waals surface area (Å²) < 4.78 is 125. The number of aliphatic carboxylic acids is 5. The highest BCUT2D eigenvalue weighted by Crippen LogP contribution is 2.36. The first-order valence-electron chi connectivity index (χ1n) is 39.8. The zero-order valence-electron chi connectivity index (χ0n) is 69.8. The number of aliphatic hydroxyl groups excluding tert-OH is 4. The monoisotopic (exact) mass is 1930 g/mol. The van der Waals surface area contributed by atoms with E-state index in [2.05, 4.69) is 41.9 Å². The topological polar surface area (TPSA) is 943 Å². The van der Waals surface area contributed by atoms with Gasteiger partial charge in [0.2, 0.25) is 58.9 Å². The predicted molar refractivity (Wildman–Crippen MR) is 436 cm³/mol. The lowest BCUT2D eigenvalue weighted by atomic mass is 9.73. The summed E-state index contributed by atoms with van der Waals surface area (Å²) in [5.74, 6) is -34.9. The number of rotatable bonds is 58. The van der Waals surface area contributed by atoms with Gasteiger partial charge in [-0.3, -0.25) is 61.6 Å². The molecule has 1 saturated carbocycles. The van der Waals surface area contributed by atoms with E-state index in [1.165, 1.54) is 6.92 Å². The van der Waals surface area contributed by atoms with Crippen LogP contribution in [0.2, 0.25) is 0 Å². The lowest BCUT2D eigenvalue weighted by Crippen LogP contribution is -2.61. The van der Waals surface area contributed by atoms with Gasteiger partial charge in [-0.05, 0) is 51.0 Å². The van der Waals surface area contributed by atoms with Crippen LogP contribution in [0.3, 0.4) is 0 Å². The van der Waals surface area contributed by atoms with Crippen molar-refractivity contribution < 1.29 is 190 Å². The Morgan fingerprint density at radius 1 is 0.469 bits per heavy atom. The molecule has 1 aliphatic carbocycles. The number of unbranched alkanes of at least 4 members (excludes halogenated alkanes) is 9. The molecule has 60 heteroatoms. The number of amides is 11. The van der Waals surface area contributed by atoms with Gasteiger partial charge in [0.15, 0.2) is 30.2 Å². The lowest BCUT2D eigenvalue weighted by molar-refractivity contribution is -0.149. The normalized spacial score (nSPS) is 20.7. The first-order chi connectivity index (χ1) is 60.7. The molecule has 19 atom stereocenters. The zero-order valence-corrected chi connectivity index (χ0v) is 72.3. The van der Waals surface area contributed by atoms with Crippen LogP contribution in [0.5, 0.6) is 0 Å². The molecule has 130 heavy (non-hydrogen) atoms. The standard InChI is InChI=1S/C70H111N17O40S3/c1-32-37(86-67(71)72)21-47(66(110)111)124-53(32)54(45(92)26-88)126-69(112)77-17-13-9-8-11-15-76-58(98)35-18-34(57(97)75-14-10-6-4-3-5-7-12-16-78-70(113)127-55(46(93)27-89)56-52(79-33(2)91)38(87-68(73)74)25-51(125-56)123-31-90)19-36(20-35)59(99)83-39(22-48(94)80-42(63(104)105)28-128(114,115)116)60(100)84-40(23-49(95)81-43(64(106)107)29-129(117,118)119)61(101)85-41(62(102)103)24-50(96)82-44(65(108)109)30-130(120,121)122/h21,25,31-32,34-46,52-56,88-89,92-93H,3-20,22-24,26-30H2,1-2H3,(H,75,97)(H,76,98)(H,77,112)(H,78,113)(H,79,91)(H,80,94)(H,81,95)(H,82,96)(H,83,99)(H,84,100)(H,85,101)(H,102,103)(H,104,105)(H,106,107)(H,108,109)(H,110,111)(H4,71,72,86)(H4,73,74,87)(H,114,115,116)(H,117,118,119)(H,120,121,122)/t32-,34-,35?,36-,37+,38+,39-,40-,41-,42?,43?,44?,45?,46?,52-,53?,54-,55-,56?/m1/s1. The van der Waals surface area contributed by atoms with Gasteiger partial charge in [0.25, 0.3) is 36.3 Å². The summed E-state index contributed by atoms with van der Waals surface area (Å²) in [5, 5.41) is 113. The van der Waals surface area contributed by atoms with Gasteiger partial charge in [-0.15, -0.1) is 0 Å². The van der Waals surface area contributed by atoms with Crippen LogP contribution in [0.4, 0.5) is 9.59 Å². The highest BCUT2D eigenvalue weighted by Gasteiger charge is 2.49. The molecular weight excluding hydrogens is 1820 g/mol. The molecule has 57 nitrogen and oxygen atoms in total. The molecule has 0 aromatic rings. The Hall–Kier alpha value is -12.2. The minimum Gasteiger partial charge on any atom is -0.480 e. The lowest BCUT2D eigenvalue weighted by Gasteiger charge is -2.39. The summed E-state index contributed by atoms with van der Waals surface area (Å²) in [7, 11) is -15.8. The average Bonchev–Trinajstić information content (AvgIpc) is 0.800. The Morgan fingerprint density at radius 2 is 0.815 bits per heavy atom. The first-order valence-corrected chi connectivity index (χ1v) is 44.6. The summed E-state index contributed by atoms with van der Waals surface area (Å²) in [4.78, 5) is 230. The van der Waals surface area contributed by atoms with Gasteiger partial charge in [-0.25, -0.2) is 43.5 Å². The SMILES string of the molecule is CC(=O)N[C@H]1C([C@H](OC(=O)NCCCCCCCCCNC(=O)[C@@H]2CC(C(=O)NCCCCCCNC(=O)O[C@H](C(O)CO)C3OC(C(=O)O)=C[C@H](N=C(N)N)[C@H]3C)C[C@H](C(=O)N[C@H](CC(=O)NC(CS(=O)(=O)O)C(=O)O)C(=O)N[C@H](CC(=O)NC(CS(=O)(=O)O)C(=O)O)C(=O)N[C@H](CC(=O)NC(CS(=O)(=O)O)C(=O)O)C(=O)O)C2)C(O)CO)OC(OC=O)=C[C@@H]1N=C(N)N. The Morgan fingerprint density at radius 3 is 1.17 bits per heavy atom. The Labute approximate surface area is 740 Å². The van der Waals surface area contributed by atoms with Crippen LogP contribution in [-0.4, -0.2) is 346 Å². The largest absolute Gasteiger partial charge is 0.480 e. The first kappa shape index (κ1) is 112. The number of guanidine groups is 2. The van der Waals surface area contributed by atoms with E-state index < -0.39 is 326 Å². The van der Waals surface area contributed by atoms with Gasteiger partial charge in [0.1, 0.15) is 77.9 Å². The molecule has 3 aliphatic rings. The third-order valence-electron chi connectivity index (χ3n) is 19.5. The number of aliphatic imine (C=N–C) groups is 2. The summed E-state index contributed by atoms with van der Waals surface area (Å²) >= 11 is 0. The van der Waals surface area contributed by atoms with Crippen molar-refractivity contribution in [1.82, 2.24) is 58.5 Å². The van der Waals surface area contributed by atoms with Crippen molar-refractivity contribution in [2.75, 3.05) is 56.7 Å². The fourth-order valence-corrected chi connectivity index (χ4v) is 15.3. The number of carboxylic acid groups (broad SMARTS) is 5. The molecule has 2 heterocycles. The van der Waals surface area contributed by atoms with Crippen molar-refractivity contribution in [3.05, 3.63) is 23.9 Å². The second-order valence-corrected chi connectivity index (χ2v) is 34.5. The minimum absolute atomic E-state index is 0.0114. The van der Waals surface area contributed by atoms with Crippen LogP contribution in [-0.2, 0) is 126 Å². The van der Waals surface area contributed by atoms with Gasteiger partial charge in [-0.1, -0.05) is 51.9 Å². The maximum Gasteiger partial charge on any atom is 0.407 e. The summed E-state index contributed by atoms with van der Waals surface area (Å²) in [6, 6.07) is -19.0. The second-order valence-electron chi connectivity index (χ2n) is 30.0. The Bertz CT molecular complexity index is 4480. The molecule has 31 N–H and O–H groups in total. The number of alkyl carbamates (subject to hydrolysis) is 2. The van der Waals surface area contributed by atoms with Gasteiger partial charge in [0, 0.05) is 62.9 Å². The zero-order chi connectivity index (χ0) is 98.3. The molecule has 11 amide bonds. The Kier molecular flexibility index (Phi) is 46.8. The minimum atomic E-state index is -5.29. The number of carbonyl (C=O) groups excluding carboxylic acids is 12. The fraction of sp³-hybridized carbons (Fsp3) is 0.671. The highest BCUT2D eigenvalue weighted by atomic mass is 32.2. The van der Waals surface area contributed by atoms with Crippen LogP contribution in [0.1, 0.15) is 123 Å². The maximum atomic E-state index is 14.8. The molecule has 0 radical (unpaired) electrons. The predicted octanol–water partition coefficient (Wildman–Crippen LogP) is -10.3.